The zero-order chi connectivity index (χ0) is 11.1. The van der Waals surface area contributed by atoms with Crippen LogP contribution in [0.2, 0.25) is 0 Å². The Kier molecular flexibility index (Phi) is 13.9. The molecule has 82 valence electrons. The smallest absolute Gasteiger partial charge is 1.00 e. The SMILES string of the molecule is O=C(O)CCC(=O)O.O=P(O)(O)O.[Ca+2].[H-].[H-]. The Morgan fingerprint density at radius 3 is 1.21 bits per heavy atom. The van der Waals surface area contributed by atoms with E-state index in [9.17, 15) is 9.59 Å². The number of carbonyl (C=O) groups is 2. The Morgan fingerprint density at radius 2 is 1.14 bits per heavy atom. The van der Waals surface area contributed by atoms with Crippen LogP contribution >= 0.6 is 7.82 Å². The zero-order valence-electron chi connectivity index (χ0n) is 9.03. The molecular formula is C4H11CaO8P. The third kappa shape index (κ3) is 55.8. The maximum Gasteiger partial charge on any atom is 2.00 e. The third-order valence-corrected chi connectivity index (χ3v) is 0.553. The topological polar surface area (TPSA) is 152 Å². The first kappa shape index (κ1) is 19.8. The van der Waals surface area contributed by atoms with Crippen LogP contribution in [-0.2, 0) is 14.2 Å². The molecule has 0 heterocycles. The second kappa shape index (κ2) is 9.85. The van der Waals surface area contributed by atoms with E-state index in [2.05, 4.69) is 0 Å². The van der Waals surface area contributed by atoms with Crippen molar-refractivity contribution in [2.45, 2.75) is 12.8 Å². The van der Waals surface area contributed by atoms with Gasteiger partial charge in [-0.15, -0.1) is 0 Å². The van der Waals surface area contributed by atoms with E-state index in [4.69, 9.17) is 29.5 Å². The molecule has 0 aliphatic heterocycles. The van der Waals surface area contributed by atoms with Crippen molar-refractivity contribution in [2.75, 3.05) is 0 Å². The number of hydrogen-bond donors (Lipinski definition) is 5. The number of aliphatic carboxylic acids is 2. The van der Waals surface area contributed by atoms with Gasteiger partial charge in [0.1, 0.15) is 0 Å². The molecule has 0 unspecified atom stereocenters. The minimum Gasteiger partial charge on any atom is -1.00 e. The van der Waals surface area contributed by atoms with E-state index < -0.39 is 19.8 Å². The largest absolute Gasteiger partial charge is 2.00 e. The van der Waals surface area contributed by atoms with E-state index in [0.29, 0.717) is 0 Å². The van der Waals surface area contributed by atoms with Crippen molar-refractivity contribution in [3.8, 4) is 0 Å². The van der Waals surface area contributed by atoms with Gasteiger partial charge in [0.2, 0.25) is 0 Å². The number of carboxylic acids is 2. The predicted octanol–water partition coefficient (Wildman–Crippen LogP) is -1.15. The summed E-state index contributed by atoms with van der Waals surface area (Å²) in [5.41, 5.74) is 0. The van der Waals surface area contributed by atoms with Crippen molar-refractivity contribution < 1.29 is 41.9 Å². The van der Waals surface area contributed by atoms with E-state index in [0.717, 1.165) is 0 Å². The molecule has 0 rings (SSSR count). The van der Waals surface area contributed by atoms with Crippen LogP contribution in [0.3, 0.4) is 0 Å². The minimum absolute atomic E-state index is 0. The van der Waals surface area contributed by atoms with Gasteiger partial charge in [-0.1, -0.05) is 0 Å². The molecule has 0 saturated heterocycles. The van der Waals surface area contributed by atoms with Gasteiger partial charge in [0.25, 0.3) is 0 Å². The van der Waals surface area contributed by atoms with Crippen molar-refractivity contribution in [1.29, 1.82) is 0 Å². The first-order chi connectivity index (χ1) is 5.63. The summed E-state index contributed by atoms with van der Waals surface area (Å²) in [5.74, 6) is -2.15. The van der Waals surface area contributed by atoms with Gasteiger partial charge >= 0.3 is 57.5 Å². The average molecular weight is 258 g/mol. The van der Waals surface area contributed by atoms with Crippen LogP contribution in [0.15, 0.2) is 0 Å². The summed E-state index contributed by atoms with van der Waals surface area (Å²) in [6.07, 6.45) is -0.593. The molecule has 0 radical (unpaired) electrons. The maximum absolute atomic E-state index is 9.64. The Labute approximate surface area is 112 Å². The Bertz CT molecular complexity index is 208. The van der Waals surface area contributed by atoms with E-state index in [1.54, 1.807) is 0 Å². The van der Waals surface area contributed by atoms with E-state index in [1.165, 1.54) is 0 Å². The van der Waals surface area contributed by atoms with Gasteiger partial charge in [0.05, 0.1) is 12.8 Å². The second-order valence-electron chi connectivity index (χ2n) is 1.80. The summed E-state index contributed by atoms with van der Waals surface area (Å²) in [4.78, 5) is 40.8. The Balaban J connectivity index is -0.0000000454. The molecule has 0 bridgehead atoms. The van der Waals surface area contributed by atoms with Crippen LogP contribution < -0.4 is 0 Å². The quantitative estimate of drug-likeness (QED) is 0.314. The van der Waals surface area contributed by atoms with E-state index in [1.807, 2.05) is 0 Å². The molecule has 0 amide bonds. The van der Waals surface area contributed by atoms with Crippen molar-refractivity contribution >= 4 is 57.5 Å². The normalized spacial score (nSPS) is 9.07. The number of rotatable bonds is 3. The molecule has 0 aliphatic rings. The molecule has 0 spiro atoms. The number of carboxylic acid groups (broad SMARTS) is 2. The van der Waals surface area contributed by atoms with Gasteiger partial charge in [-0.2, -0.15) is 0 Å². The van der Waals surface area contributed by atoms with Gasteiger partial charge in [-0.25, -0.2) is 4.57 Å². The molecule has 10 heteroatoms. The van der Waals surface area contributed by atoms with E-state index >= 15 is 0 Å². The first-order valence-electron chi connectivity index (χ1n) is 2.85. The average Bonchev–Trinajstić information content (AvgIpc) is 1.79. The fourth-order valence-corrected chi connectivity index (χ4v) is 0.214. The summed E-state index contributed by atoms with van der Waals surface area (Å²) < 4.78 is 8.88. The third-order valence-electron chi connectivity index (χ3n) is 0.553. The molecule has 0 aromatic carbocycles. The van der Waals surface area contributed by atoms with Gasteiger partial charge < -0.3 is 27.7 Å². The Morgan fingerprint density at radius 1 is 1.00 bits per heavy atom. The van der Waals surface area contributed by atoms with Gasteiger partial charge in [-0.05, 0) is 0 Å². The fraction of sp³-hybridized carbons (Fsp3) is 0.500. The van der Waals surface area contributed by atoms with Crippen LogP contribution in [0.1, 0.15) is 15.7 Å². The molecule has 8 nitrogen and oxygen atoms in total. The molecule has 0 aromatic heterocycles. The van der Waals surface area contributed by atoms with E-state index in [-0.39, 0.29) is 53.4 Å². The number of hydrogen-bond acceptors (Lipinski definition) is 3. The van der Waals surface area contributed by atoms with Crippen LogP contribution in [0.4, 0.5) is 0 Å². The Hall–Kier alpha value is 0.310. The summed E-state index contributed by atoms with van der Waals surface area (Å²) in [6, 6.07) is 0. The van der Waals surface area contributed by atoms with Gasteiger partial charge in [0.15, 0.2) is 0 Å². The fourth-order valence-electron chi connectivity index (χ4n) is 0.214. The monoisotopic (exact) mass is 258 g/mol. The first-order valence-corrected chi connectivity index (χ1v) is 4.41. The molecule has 0 saturated carbocycles. The van der Waals surface area contributed by atoms with Crippen molar-refractivity contribution in [3.05, 3.63) is 0 Å². The summed E-state index contributed by atoms with van der Waals surface area (Å²) in [7, 11) is -4.64. The molecule has 0 aliphatic carbocycles. The standard InChI is InChI=1S/C4H6O4.Ca.H3O4P.2H/c5-3(6)1-2-4(7)8;;1-5(2,3)4;;/h1-2H2,(H,5,6)(H,7,8);;(H3,1,2,3,4);;/q;+2;;2*-1. The van der Waals surface area contributed by atoms with Crippen LogP contribution in [0.25, 0.3) is 0 Å². The summed E-state index contributed by atoms with van der Waals surface area (Å²) in [6.45, 7) is 0. The zero-order valence-corrected chi connectivity index (χ0v) is 10.1. The van der Waals surface area contributed by atoms with Crippen LogP contribution in [0, 0.1) is 0 Å². The van der Waals surface area contributed by atoms with Gasteiger partial charge in [-0.3, -0.25) is 9.59 Å². The summed E-state index contributed by atoms with van der Waals surface area (Å²) >= 11 is 0. The number of phosphoric acid groups is 1. The molecule has 14 heavy (non-hydrogen) atoms. The maximum atomic E-state index is 9.64. The van der Waals surface area contributed by atoms with Crippen LogP contribution in [-0.4, -0.2) is 74.6 Å². The minimum atomic E-state index is -4.64. The molecule has 0 fully saturated rings. The van der Waals surface area contributed by atoms with Crippen LogP contribution in [0.5, 0.6) is 0 Å². The predicted molar refractivity (Wildman–Crippen MR) is 46.7 cm³/mol. The molecule has 0 atom stereocenters. The molecule has 0 aromatic rings. The summed E-state index contributed by atoms with van der Waals surface area (Å²) in [5, 5.41) is 15.8. The van der Waals surface area contributed by atoms with Crippen molar-refractivity contribution in [1.82, 2.24) is 0 Å². The van der Waals surface area contributed by atoms with Crippen molar-refractivity contribution in [2.24, 2.45) is 0 Å². The van der Waals surface area contributed by atoms with Crippen molar-refractivity contribution in [3.63, 3.8) is 0 Å². The van der Waals surface area contributed by atoms with Gasteiger partial charge in [0, 0.05) is 0 Å². The molecular weight excluding hydrogens is 247 g/mol. The molecule has 5 N–H and O–H groups in total. The second-order valence-corrected chi connectivity index (χ2v) is 2.83.